The monoisotopic (exact) mass is 393 g/mol. The number of pyridine rings is 1. The third kappa shape index (κ3) is 4.44. The van der Waals surface area contributed by atoms with Crippen LogP contribution in [0.5, 0.6) is 11.6 Å². The summed E-state index contributed by atoms with van der Waals surface area (Å²) < 4.78 is 16.0. The number of nitro benzene ring substituents is 1. The second-order valence-corrected chi connectivity index (χ2v) is 6.12. The van der Waals surface area contributed by atoms with Gasteiger partial charge in [0.25, 0.3) is 11.6 Å². The lowest BCUT2D eigenvalue weighted by molar-refractivity contribution is -0.384. The van der Waals surface area contributed by atoms with E-state index in [1.54, 1.807) is 0 Å². The molecule has 1 atom stereocenters. The molecule has 1 amide bonds. The molecule has 1 aromatic heterocycles. The van der Waals surface area contributed by atoms with Crippen LogP contribution < -0.4 is 14.8 Å². The maximum atomic E-state index is 12.4. The third-order valence-electron chi connectivity index (χ3n) is 3.88. The summed E-state index contributed by atoms with van der Waals surface area (Å²) in [6, 6.07) is 5.32. The zero-order valence-electron chi connectivity index (χ0n) is 14.3. The maximum Gasteiger partial charge on any atom is 0.273 e. The van der Waals surface area contributed by atoms with E-state index in [0.29, 0.717) is 13.2 Å². The van der Waals surface area contributed by atoms with Gasteiger partial charge in [0.2, 0.25) is 5.88 Å². The molecular weight excluding hydrogens is 378 g/mol. The molecule has 142 valence electrons. The number of non-ortho nitro benzene ring substituents is 1. The van der Waals surface area contributed by atoms with E-state index in [-0.39, 0.29) is 39.7 Å². The Labute approximate surface area is 159 Å². The van der Waals surface area contributed by atoms with Crippen LogP contribution in [0.25, 0.3) is 0 Å². The number of ether oxygens (including phenoxy) is 3. The Hall–Kier alpha value is -2.91. The SMILES string of the molecule is COc1cc([N+](=O)[O-])ccc1NC(=O)c1cnc(OC2CCOC2)c(Cl)c1. The van der Waals surface area contributed by atoms with Crippen molar-refractivity contribution in [3.8, 4) is 11.6 Å². The van der Waals surface area contributed by atoms with Gasteiger partial charge >= 0.3 is 0 Å². The Morgan fingerprint density at radius 1 is 1.44 bits per heavy atom. The van der Waals surface area contributed by atoms with Crippen molar-refractivity contribution in [2.45, 2.75) is 12.5 Å². The molecule has 0 radical (unpaired) electrons. The number of hydrogen-bond acceptors (Lipinski definition) is 7. The first-order chi connectivity index (χ1) is 13.0. The van der Waals surface area contributed by atoms with Crippen LogP contribution in [-0.2, 0) is 4.74 Å². The molecule has 2 heterocycles. The highest BCUT2D eigenvalue weighted by Gasteiger charge is 2.20. The van der Waals surface area contributed by atoms with Gasteiger partial charge in [-0.15, -0.1) is 0 Å². The van der Waals surface area contributed by atoms with Gasteiger partial charge in [0.1, 0.15) is 16.9 Å². The molecule has 1 N–H and O–H groups in total. The van der Waals surface area contributed by atoms with Gasteiger partial charge in [0.15, 0.2) is 0 Å². The smallest absolute Gasteiger partial charge is 0.273 e. The first-order valence-corrected chi connectivity index (χ1v) is 8.39. The number of nitrogens with one attached hydrogen (secondary N) is 1. The van der Waals surface area contributed by atoms with E-state index < -0.39 is 10.8 Å². The molecule has 9 nitrogen and oxygen atoms in total. The van der Waals surface area contributed by atoms with Crippen molar-refractivity contribution in [2.75, 3.05) is 25.6 Å². The summed E-state index contributed by atoms with van der Waals surface area (Å²) in [6.45, 7) is 1.10. The highest BCUT2D eigenvalue weighted by molar-refractivity contribution is 6.32. The fourth-order valence-electron chi connectivity index (χ4n) is 2.49. The van der Waals surface area contributed by atoms with Gasteiger partial charge in [-0.05, 0) is 12.1 Å². The molecule has 1 aliphatic rings. The molecule has 0 bridgehead atoms. The lowest BCUT2D eigenvalue weighted by Gasteiger charge is -2.13. The van der Waals surface area contributed by atoms with Gasteiger partial charge in [-0.1, -0.05) is 11.6 Å². The molecule has 2 aromatic rings. The van der Waals surface area contributed by atoms with Gasteiger partial charge < -0.3 is 19.5 Å². The van der Waals surface area contributed by atoms with Crippen LogP contribution in [-0.4, -0.2) is 42.2 Å². The minimum absolute atomic E-state index is 0.112. The fraction of sp³-hybridized carbons (Fsp3) is 0.294. The number of aromatic nitrogens is 1. The van der Waals surface area contributed by atoms with Crippen LogP contribution in [0.15, 0.2) is 30.5 Å². The van der Waals surface area contributed by atoms with Crippen molar-refractivity contribution in [3.05, 3.63) is 51.2 Å². The molecule has 3 rings (SSSR count). The van der Waals surface area contributed by atoms with E-state index in [1.807, 2.05) is 0 Å². The third-order valence-corrected chi connectivity index (χ3v) is 4.15. The number of rotatable bonds is 6. The second kappa shape index (κ2) is 8.19. The van der Waals surface area contributed by atoms with Crippen molar-refractivity contribution in [1.29, 1.82) is 0 Å². The molecule has 27 heavy (non-hydrogen) atoms. The standard InChI is InChI=1S/C17H16ClN3O6/c1-25-15-7-11(21(23)24)2-3-14(15)20-16(22)10-6-13(18)17(19-8-10)27-12-4-5-26-9-12/h2-3,6-8,12H,4-5,9H2,1H3,(H,20,22). The molecule has 0 aliphatic carbocycles. The molecule has 1 aromatic carbocycles. The molecule has 0 spiro atoms. The molecule has 1 fully saturated rings. The molecule has 1 saturated heterocycles. The topological polar surface area (TPSA) is 113 Å². The van der Waals surface area contributed by atoms with Crippen LogP contribution in [0.3, 0.4) is 0 Å². The van der Waals surface area contributed by atoms with Crippen LogP contribution in [0.4, 0.5) is 11.4 Å². The predicted molar refractivity (Wildman–Crippen MR) is 96.7 cm³/mol. The van der Waals surface area contributed by atoms with Gasteiger partial charge in [-0.3, -0.25) is 14.9 Å². The van der Waals surface area contributed by atoms with Gasteiger partial charge in [-0.2, -0.15) is 0 Å². The van der Waals surface area contributed by atoms with Gasteiger partial charge in [0.05, 0.1) is 42.6 Å². The Kier molecular flexibility index (Phi) is 5.72. The Bertz CT molecular complexity index is 870. The minimum atomic E-state index is -0.550. The average Bonchev–Trinajstić information content (AvgIpc) is 3.16. The van der Waals surface area contributed by atoms with Crippen molar-refractivity contribution in [2.24, 2.45) is 0 Å². The maximum absolute atomic E-state index is 12.4. The number of nitrogens with zero attached hydrogens (tertiary/aromatic N) is 2. The summed E-state index contributed by atoms with van der Waals surface area (Å²) in [5.74, 6) is -0.0956. The first-order valence-electron chi connectivity index (χ1n) is 8.01. The normalized spacial score (nSPS) is 16.0. The van der Waals surface area contributed by atoms with Crippen LogP contribution in [0.2, 0.25) is 5.02 Å². The molecule has 0 saturated carbocycles. The van der Waals surface area contributed by atoms with E-state index in [1.165, 1.54) is 37.6 Å². The number of nitro groups is 1. The van der Waals surface area contributed by atoms with Crippen LogP contribution in [0, 0.1) is 10.1 Å². The lowest BCUT2D eigenvalue weighted by Crippen LogP contribution is -2.17. The molecule has 10 heteroatoms. The van der Waals surface area contributed by atoms with E-state index in [2.05, 4.69) is 10.3 Å². The Morgan fingerprint density at radius 3 is 2.89 bits per heavy atom. The lowest BCUT2D eigenvalue weighted by atomic mass is 10.2. The van der Waals surface area contributed by atoms with E-state index in [9.17, 15) is 14.9 Å². The van der Waals surface area contributed by atoms with Crippen LogP contribution >= 0.6 is 11.6 Å². The number of hydrogen-bond donors (Lipinski definition) is 1. The highest BCUT2D eigenvalue weighted by Crippen LogP contribution is 2.30. The number of amides is 1. The number of carbonyl (C=O) groups is 1. The number of carbonyl (C=O) groups excluding carboxylic acids is 1. The molecular formula is C17H16ClN3O6. The zero-order chi connectivity index (χ0) is 19.4. The average molecular weight is 394 g/mol. The van der Waals surface area contributed by atoms with E-state index in [4.69, 9.17) is 25.8 Å². The predicted octanol–water partition coefficient (Wildman–Crippen LogP) is 3.07. The zero-order valence-corrected chi connectivity index (χ0v) is 15.1. The van der Waals surface area contributed by atoms with Crippen molar-refractivity contribution in [1.82, 2.24) is 4.98 Å². The largest absolute Gasteiger partial charge is 0.494 e. The first kappa shape index (κ1) is 18.9. The summed E-state index contributed by atoms with van der Waals surface area (Å²) in [4.78, 5) is 26.8. The number of anilines is 1. The summed E-state index contributed by atoms with van der Waals surface area (Å²) in [5, 5.41) is 13.7. The summed E-state index contributed by atoms with van der Waals surface area (Å²) in [7, 11) is 1.35. The highest BCUT2D eigenvalue weighted by atomic mass is 35.5. The number of methoxy groups -OCH3 is 1. The summed E-state index contributed by atoms with van der Waals surface area (Å²) >= 11 is 6.16. The van der Waals surface area contributed by atoms with Crippen molar-refractivity contribution in [3.63, 3.8) is 0 Å². The fourth-order valence-corrected chi connectivity index (χ4v) is 2.70. The number of halogens is 1. The minimum Gasteiger partial charge on any atom is -0.494 e. The Balaban J connectivity index is 1.74. The van der Waals surface area contributed by atoms with E-state index in [0.717, 1.165) is 6.42 Å². The summed E-state index contributed by atoms with van der Waals surface area (Å²) in [5.41, 5.74) is 0.343. The van der Waals surface area contributed by atoms with Crippen LogP contribution in [0.1, 0.15) is 16.8 Å². The van der Waals surface area contributed by atoms with Gasteiger partial charge in [-0.25, -0.2) is 4.98 Å². The second-order valence-electron chi connectivity index (χ2n) is 5.71. The van der Waals surface area contributed by atoms with Crippen molar-refractivity contribution >= 4 is 28.9 Å². The van der Waals surface area contributed by atoms with E-state index >= 15 is 0 Å². The quantitative estimate of drug-likeness (QED) is 0.592. The summed E-state index contributed by atoms with van der Waals surface area (Å²) in [6.07, 6.45) is 1.98. The Morgan fingerprint density at radius 2 is 2.26 bits per heavy atom. The van der Waals surface area contributed by atoms with Crippen molar-refractivity contribution < 1.29 is 23.9 Å². The number of benzene rings is 1. The van der Waals surface area contributed by atoms with Gasteiger partial charge in [0, 0.05) is 18.7 Å². The molecule has 1 aliphatic heterocycles. The molecule has 1 unspecified atom stereocenters.